The van der Waals surface area contributed by atoms with Gasteiger partial charge in [-0.05, 0) is 35.9 Å². The molecule has 0 radical (unpaired) electrons. The summed E-state index contributed by atoms with van der Waals surface area (Å²) in [5, 5.41) is 18.8. The van der Waals surface area contributed by atoms with Crippen molar-refractivity contribution in [3.8, 4) is 11.5 Å². The van der Waals surface area contributed by atoms with Crippen LogP contribution in [0.3, 0.4) is 0 Å². The minimum Gasteiger partial charge on any atom is -0.508 e. The van der Waals surface area contributed by atoms with Crippen LogP contribution in [0.15, 0.2) is 54.6 Å². The molecule has 18 heavy (non-hydrogen) atoms. The summed E-state index contributed by atoms with van der Waals surface area (Å²) in [5.74, 6) is -0.174. The van der Waals surface area contributed by atoms with Crippen molar-refractivity contribution in [2.45, 2.75) is 0 Å². The Labute approximate surface area is 105 Å². The van der Waals surface area contributed by atoms with Crippen molar-refractivity contribution >= 4 is 11.9 Å². The Balaban J connectivity index is 2.20. The number of hydrogen-bond acceptors (Lipinski definition) is 3. The van der Waals surface area contributed by atoms with Crippen molar-refractivity contribution in [3.05, 3.63) is 65.7 Å². The van der Waals surface area contributed by atoms with Gasteiger partial charge in [0, 0.05) is 0 Å². The van der Waals surface area contributed by atoms with Gasteiger partial charge in [0.2, 0.25) is 0 Å². The van der Waals surface area contributed by atoms with Gasteiger partial charge < -0.3 is 10.2 Å². The molecule has 0 saturated carbocycles. The van der Waals surface area contributed by atoms with Crippen LogP contribution < -0.4 is 0 Å². The van der Waals surface area contributed by atoms with E-state index in [1.54, 1.807) is 48.5 Å². The minimum absolute atomic E-state index is 0.0388. The number of benzene rings is 2. The van der Waals surface area contributed by atoms with Gasteiger partial charge in [-0.15, -0.1) is 0 Å². The van der Waals surface area contributed by atoms with Crippen LogP contribution in [-0.4, -0.2) is 16.0 Å². The number of rotatable bonds is 3. The number of allylic oxidation sites excluding steroid dienone is 1. The number of ketones is 1. The Morgan fingerprint density at radius 3 is 2.50 bits per heavy atom. The molecule has 0 aromatic heterocycles. The standard InChI is InChI=1S/C15H12O3/c16-12-5-3-4-11(10-12)8-9-15(18)13-6-1-2-7-14(13)17/h1-10,16-17H/b9-8-. The first-order chi connectivity index (χ1) is 8.66. The van der Waals surface area contributed by atoms with Gasteiger partial charge in [-0.25, -0.2) is 0 Å². The Kier molecular flexibility index (Phi) is 3.44. The first-order valence-electron chi connectivity index (χ1n) is 5.46. The molecule has 0 saturated heterocycles. The second kappa shape index (κ2) is 5.19. The van der Waals surface area contributed by atoms with E-state index in [0.717, 1.165) is 5.56 Å². The van der Waals surface area contributed by atoms with Crippen LogP contribution in [0.4, 0.5) is 0 Å². The Morgan fingerprint density at radius 2 is 1.78 bits per heavy atom. The molecule has 2 aromatic carbocycles. The molecule has 0 spiro atoms. The number of phenols is 2. The Hall–Kier alpha value is -2.55. The van der Waals surface area contributed by atoms with Crippen molar-refractivity contribution in [2.75, 3.05) is 0 Å². The molecule has 0 atom stereocenters. The number of carbonyl (C=O) groups is 1. The third-order valence-corrected chi connectivity index (χ3v) is 2.47. The number of hydrogen-bond donors (Lipinski definition) is 2. The molecule has 0 aliphatic carbocycles. The van der Waals surface area contributed by atoms with Crippen LogP contribution in [-0.2, 0) is 0 Å². The van der Waals surface area contributed by atoms with E-state index in [0.29, 0.717) is 0 Å². The maximum absolute atomic E-state index is 11.8. The van der Waals surface area contributed by atoms with E-state index in [1.165, 1.54) is 12.1 Å². The van der Waals surface area contributed by atoms with E-state index in [-0.39, 0.29) is 22.8 Å². The number of para-hydroxylation sites is 1. The lowest BCUT2D eigenvalue weighted by molar-refractivity contribution is 0.104. The zero-order chi connectivity index (χ0) is 13.0. The summed E-state index contributed by atoms with van der Waals surface area (Å²) >= 11 is 0. The first kappa shape index (κ1) is 11.9. The SMILES string of the molecule is O=C(/C=C\c1cccc(O)c1)c1ccccc1O. The van der Waals surface area contributed by atoms with Crippen LogP contribution >= 0.6 is 0 Å². The maximum Gasteiger partial charge on any atom is 0.189 e. The van der Waals surface area contributed by atoms with Gasteiger partial charge in [0.1, 0.15) is 11.5 Å². The minimum atomic E-state index is -0.281. The van der Waals surface area contributed by atoms with Gasteiger partial charge in [0.05, 0.1) is 5.56 Å². The second-order valence-corrected chi connectivity index (χ2v) is 3.81. The molecule has 3 heteroatoms. The van der Waals surface area contributed by atoms with Gasteiger partial charge >= 0.3 is 0 Å². The molecular formula is C15H12O3. The van der Waals surface area contributed by atoms with Crippen molar-refractivity contribution in [2.24, 2.45) is 0 Å². The van der Waals surface area contributed by atoms with Crippen LogP contribution in [0.2, 0.25) is 0 Å². The topological polar surface area (TPSA) is 57.5 Å². The van der Waals surface area contributed by atoms with E-state index < -0.39 is 0 Å². The van der Waals surface area contributed by atoms with E-state index in [1.807, 2.05) is 0 Å². The van der Waals surface area contributed by atoms with Gasteiger partial charge in [-0.1, -0.05) is 30.3 Å². The van der Waals surface area contributed by atoms with Crippen LogP contribution in [0.5, 0.6) is 11.5 Å². The number of carbonyl (C=O) groups excluding carboxylic acids is 1. The highest BCUT2D eigenvalue weighted by atomic mass is 16.3. The molecule has 0 aliphatic heterocycles. The summed E-state index contributed by atoms with van der Waals surface area (Å²) in [7, 11) is 0. The fourth-order valence-corrected chi connectivity index (χ4v) is 1.57. The van der Waals surface area contributed by atoms with E-state index in [4.69, 9.17) is 0 Å². The zero-order valence-electron chi connectivity index (χ0n) is 9.58. The highest BCUT2D eigenvalue weighted by molar-refractivity contribution is 6.08. The lowest BCUT2D eigenvalue weighted by Crippen LogP contribution is -1.94. The van der Waals surface area contributed by atoms with Gasteiger partial charge in [-0.3, -0.25) is 4.79 Å². The fourth-order valence-electron chi connectivity index (χ4n) is 1.57. The largest absolute Gasteiger partial charge is 0.508 e. The number of phenolic OH excluding ortho intramolecular Hbond substituents is 2. The van der Waals surface area contributed by atoms with E-state index in [9.17, 15) is 15.0 Å². The molecular weight excluding hydrogens is 228 g/mol. The first-order valence-corrected chi connectivity index (χ1v) is 5.46. The molecule has 2 aromatic rings. The predicted molar refractivity (Wildman–Crippen MR) is 69.6 cm³/mol. The molecule has 0 amide bonds. The fraction of sp³-hybridized carbons (Fsp3) is 0. The molecule has 0 bridgehead atoms. The monoisotopic (exact) mass is 240 g/mol. The quantitative estimate of drug-likeness (QED) is 0.640. The maximum atomic E-state index is 11.8. The van der Waals surface area contributed by atoms with Crippen LogP contribution in [0.1, 0.15) is 15.9 Å². The van der Waals surface area contributed by atoms with Gasteiger partial charge in [-0.2, -0.15) is 0 Å². The van der Waals surface area contributed by atoms with Gasteiger partial charge in [0.25, 0.3) is 0 Å². The molecule has 90 valence electrons. The lowest BCUT2D eigenvalue weighted by atomic mass is 10.1. The third-order valence-electron chi connectivity index (χ3n) is 2.47. The van der Waals surface area contributed by atoms with E-state index >= 15 is 0 Å². The summed E-state index contributed by atoms with van der Waals surface area (Å²) in [4.78, 5) is 11.8. The highest BCUT2D eigenvalue weighted by Crippen LogP contribution is 2.17. The van der Waals surface area contributed by atoms with Crippen molar-refractivity contribution in [1.29, 1.82) is 0 Å². The van der Waals surface area contributed by atoms with Crippen LogP contribution in [0, 0.1) is 0 Å². The van der Waals surface area contributed by atoms with Crippen molar-refractivity contribution < 1.29 is 15.0 Å². The summed E-state index contributed by atoms with van der Waals surface area (Å²) in [5.41, 5.74) is 0.979. The van der Waals surface area contributed by atoms with Crippen molar-refractivity contribution in [3.63, 3.8) is 0 Å². The van der Waals surface area contributed by atoms with Crippen molar-refractivity contribution in [1.82, 2.24) is 0 Å². The normalized spacial score (nSPS) is 10.7. The summed E-state index contributed by atoms with van der Waals surface area (Å²) in [6.45, 7) is 0. The molecule has 0 aliphatic rings. The number of aromatic hydroxyl groups is 2. The Bertz CT molecular complexity index is 600. The summed E-state index contributed by atoms with van der Waals surface area (Å²) in [6, 6.07) is 12.9. The third kappa shape index (κ3) is 2.77. The second-order valence-electron chi connectivity index (χ2n) is 3.81. The molecule has 3 nitrogen and oxygen atoms in total. The lowest BCUT2D eigenvalue weighted by Gasteiger charge is -1.99. The Morgan fingerprint density at radius 1 is 1.00 bits per heavy atom. The summed E-state index contributed by atoms with van der Waals surface area (Å²) < 4.78 is 0. The average Bonchev–Trinajstić information content (AvgIpc) is 2.37. The summed E-state index contributed by atoms with van der Waals surface area (Å²) in [6.07, 6.45) is 2.96. The smallest absolute Gasteiger partial charge is 0.189 e. The van der Waals surface area contributed by atoms with E-state index in [2.05, 4.69) is 0 Å². The molecule has 0 heterocycles. The highest BCUT2D eigenvalue weighted by Gasteiger charge is 2.06. The molecule has 2 rings (SSSR count). The molecule has 2 N–H and O–H groups in total. The molecule has 0 fully saturated rings. The molecule has 0 unspecified atom stereocenters. The van der Waals surface area contributed by atoms with Gasteiger partial charge in [0.15, 0.2) is 5.78 Å². The van der Waals surface area contributed by atoms with Crippen LogP contribution in [0.25, 0.3) is 6.08 Å². The average molecular weight is 240 g/mol. The predicted octanol–water partition coefficient (Wildman–Crippen LogP) is 2.99. The zero-order valence-corrected chi connectivity index (χ0v) is 9.58.